The summed E-state index contributed by atoms with van der Waals surface area (Å²) in [5.74, 6) is -0.955. The Kier molecular flexibility index (Phi) is 5.12. The zero-order chi connectivity index (χ0) is 17.0. The van der Waals surface area contributed by atoms with Crippen molar-refractivity contribution in [1.29, 1.82) is 0 Å². The number of amides is 1. The minimum Gasteiger partial charge on any atom is -0.325 e. The van der Waals surface area contributed by atoms with E-state index in [9.17, 15) is 17.6 Å². The van der Waals surface area contributed by atoms with Crippen LogP contribution in [0.25, 0.3) is 0 Å². The van der Waals surface area contributed by atoms with Crippen LogP contribution < -0.4 is 10.0 Å². The minimum absolute atomic E-state index is 0.137. The highest BCUT2D eigenvalue weighted by Gasteiger charge is 2.17. The minimum atomic E-state index is -3.77. The lowest BCUT2D eigenvalue weighted by Gasteiger charge is -2.10. The number of rotatable bonds is 5. The molecule has 2 rings (SSSR count). The Morgan fingerprint density at radius 3 is 2.35 bits per heavy atom. The average molecular weight is 336 g/mol. The van der Waals surface area contributed by atoms with E-state index in [1.165, 1.54) is 30.3 Å². The molecule has 0 spiro atoms. The van der Waals surface area contributed by atoms with Crippen LogP contribution in [0.15, 0.2) is 47.4 Å². The second-order valence-electron chi connectivity index (χ2n) is 5.15. The second-order valence-corrected chi connectivity index (χ2v) is 6.88. The van der Waals surface area contributed by atoms with E-state index in [4.69, 9.17) is 0 Å². The first-order chi connectivity index (χ1) is 10.8. The molecule has 0 radical (unpaired) electrons. The van der Waals surface area contributed by atoms with Gasteiger partial charge in [-0.3, -0.25) is 4.79 Å². The molecule has 7 heteroatoms. The van der Waals surface area contributed by atoms with Gasteiger partial charge in [0.2, 0.25) is 15.9 Å². The summed E-state index contributed by atoms with van der Waals surface area (Å²) in [5.41, 5.74) is 1.95. The van der Waals surface area contributed by atoms with Crippen LogP contribution in [0, 0.1) is 19.7 Å². The molecule has 0 aliphatic carbocycles. The fraction of sp³-hybridized carbons (Fsp3) is 0.188. The van der Waals surface area contributed by atoms with Crippen molar-refractivity contribution in [2.75, 3.05) is 11.9 Å². The predicted molar refractivity (Wildman–Crippen MR) is 86.1 cm³/mol. The first kappa shape index (κ1) is 17.1. The number of aryl methyl sites for hydroxylation is 2. The molecule has 0 saturated carbocycles. The smallest absolute Gasteiger partial charge is 0.241 e. The van der Waals surface area contributed by atoms with Gasteiger partial charge in [-0.2, -0.15) is 0 Å². The lowest BCUT2D eigenvalue weighted by molar-refractivity contribution is -0.115. The summed E-state index contributed by atoms with van der Waals surface area (Å²) < 4.78 is 39.5. The molecule has 0 unspecified atom stereocenters. The fourth-order valence-electron chi connectivity index (χ4n) is 2.08. The summed E-state index contributed by atoms with van der Waals surface area (Å²) in [5, 5.41) is 2.48. The van der Waals surface area contributed by atoms with E-state index in [0.29, 0.717) is 11.3 Å². The summed E-state index contributed by atoms with van der Waals surface area (Å²) in [6.45, 7) is 3.15. The topological polar surface area (TPSA) is 75.3 Å². The zero-order valence-corrected chi connectivity index (χ0v) is 13.6. The van der Waals surface area contributed by atoms with Crippen molar-refractivity contribution in [3.63, 3.8) is 0 Å². The van der Waals surface area contributed by atoms with E-state index in [0.717, 1.165) is 5.56 Å². The number of carbonyl (C=O) groups is 1. The number of sulfonamides is 1. The summed E-state index contributed by atoms with van der Waals surface area (Å²) in [6.07, 6.45) is 0. The van der Waals surface area contributed by atoms with Crippen LogP contribution in [0.1, 0.15) is 11.1 Å². The Hall–Kier alpha value is -2.25. The summed E-state index contributed by atoms with van der Waals surface area (Å²) >= 11 is 0. The third kappa shape index (κ3) is 4.61. The molecular weight excluding hydrogens is 319 g/mol. The molecule has 0 atom stereocenters. The van der Waals surface area contributed by atoms with E-state index >= 15 is 0 Å². The standard InChI is InChI=1S/C16H17FN2O3S/c1-11-3-8-15(12(2)9-11)23(21,22)18-10-16(20)19-14-6-4-13(17)5-7-14/h3-9,18H,10H2,1-2H3,(H,19,20). The predicted octanol–water partition coefficient (Wildman–Crippen LogP) is 2.36. The Morgan fingerprint density at radius 1 is 1.09 bits per heavy atom. The summed E-state index contributed by atoms with van der Waals surface area (Å²) in [6, 6.07) is 10.2. The van der Waals surface area contributed by atoms with Gasteiger partial charge in [-0.15, -0.1) is 0 Å². The zero-order valence-electron chi connectivity index (χ0n) is 12.8. The number of carbonyl (C=O) groups excluding carboxylic acids is 1. The maximum Gasteiger partial charge on any atom is 0.241 e. The van der Waals surface area contributed by atoms with Crippen LogP contribution in [-0.4, -0.2) is 20.9 Å². The van der Waals surface area contributed by atoms with E-state index in [1.807, 2.05) is 6.92 Å². The highest BCUT2D eigenvalue weighted by atomic mass is 32.2. The van der Waals surface area contributed by atoms with Gasteiger partial charge in [0.15, 0.2) is 0 Å². The SMILES string of the molecule is Cc1ccc(S(=O)(=O)NCC(=O)Nc2ccc(F)cc2)c(C)c1. The number of hydrogen-bond acceptors (Lipinski definition) is 3. The van der Waals surface area contributed by atoms with Gasteiger partial charge >= 0.3 is 0 Å². The number of benzene rings is 2. The average Bonchev–Trinajstić information content (AvgIpc) is 2.47. The highest BCUT2D eigenvalue weighted by Crippen LogP contribution is 2.16. The molecule has 2 N–H and O–H groups in total. The van der Waals surface area contributed by atoms with Gasteiger partial charge in [-0.1, -0.05) is 17.7 Å². The molecule has 0 bridgehead atoms. The van der Waals surface area contributed by atoms with Gasteiger partial charge < -0.3 is 5.32 Å². The Morgan fingerprint density at radius 2 is 1.74 bits per heavy atom. The molecule has 1 amide bonds. The molecule has 23 heavy (non-hydrogen) atoms. The largest absolute Gasteiger partial charge is 0.325 e. The lowest BCUT2D eigenvalue weighted by atomic mass is 10.2. The molecule has 0 saturated heterocycles. The van der Waals surface area contributed by atoms with Gasteiger partial charge in [0.05, 0.1) is 11.4 Å². The Labute approximate surface area is 134 Å². The summed E-state index contributed by atoms with van der Waals surface area (Å²) in [7, 11) is -3.77. The molecule has 0 aliphatic rings. The highest BCUT2D eigenvalue weighted by molar-refractivity contribution is 7.89. The number of nitrogens with one attached hydrogen (secondary N) is 2. The van der Waals surface area contributed by atoms with E-state index in [1.54, 1.807) is 19.1 Å². The van der Waals surface area contributed by atoms with E-state index < -0.39 is 28.3 Å². The van der Waals surface area contributed by atoms with Crippen LogP contribution in [0.3, 0.4) is 0 Å². The number of halogens is 1. The molecule has 5 nitrogen and oxygen atoms in total. The Balaban J connectivity index is 2.01. The maximum atomic E-state index is 12.8. The number of hydrogen-bond donors (Lipinski definition) is 2. The normalized spacial score (nSPS) is 11.3. The van der Waals surface area contributed by atoms with Crippen molar-refractivity contribution in [3.05, 3.63) is 59.4 Å². The van der Waals surface area contributed by atoms with E-state index in [-0.39, 0.29) is 4.90 Å². The quantitative estimate of drug-likeness (QED) is 0.880. The summed E-state index contributed by atoms with van der Waals surface area (Å²) in [4.78, 5) is 11.9. The van der Waals surface area contributed by atoms with Crippen molar-refractivity contribution in [1.82, 2.24) is 4.72 Å². The first-order valence-electron chi connectivity index (χ1n) is 6.90. The third-order valence-corrected chi connectivity index (χ3v) is 4.73. The molecule has 0 aromatic heterocycles. The molecule has 0 fully saturated rings. The number of anilines is 1. The van der Waals surface area contributed by atoms with Crippen molar-refractivity contribution in [3.8, 4) is 0 Å². The van der Waals surface area contributed by atoms with Crippen molar-refractivity contribution < 1.29 is 17.6 Å². The van der Waals surface area contributed by atoms with Crippen molar-refractivity contribution >= 4 is 21.6 Å². The van der Waals surface area contributed by atoms with Crippen molar-refractivity contribution in [2.45, 2.75) is 18.7 Å². The monoisotopic (exact) mass is 336 g/mol. The van der Waals surface area contributed by atoms with E-state index in [2.05, 4.69) is 10.0 Å². The van der Waals surface area contributed by atoms with Crippen LogP contribution in [-0.2, 0) is 14.8 Å². The molecule has 2 aromatic rings. The Bertz CT molecular complexity index is 818. The van der Waals surface area contributed by atoms with Gasteiger partial charge in [-0.05, 0) is 49.7 Å². The third-order valence-electron chi connectivity index (χ3n) is 3.17. The molecule has 2 aromatic carbocycles. The van der Waals surface area contributed by atoms with Crippen LogP contribution in [0.4, 0.5) is 10.1 Å². The fourth-order valence-corrected chi connectivity index (χ4v) is 3.28. The van der Waals surface area contributed by atoms with Gasteiger partial charge in [-0.25, -0.2) is 17.5 Å². The molecular formula is C16H17FN2O3S. The maximum absolute atomic E-state index is 12.8. The molecule has 0 aliphatic heterocycles. The lowest BCUT2D eigenvalue weighted by Crippen LogP contribution is -2.33. The molecule has 122 valence electrons. The van der Waals surface area contributed by atoms with Crippen LogP contribution in [0.5, 0.6) is 0 Å². The van der Waals surface area contributed by atoms with Gasteiger partial charge in [0.25, 0.3) is 0 Å². The van der Waals surface area contributed by atoms with Crippen LogP contribution >= 0.6 is 0 Å². The van der Waals surface area contributed by atoms with Gasteiger partial charge in [0, 0.05) is 5.69 Å². The molecule has 0 heterocycles. The first-order valence-corrected chi connectivity index (χ1v) is 8.38. The van der Waals surface area contributed by atoms with Gasteiger partial charge in [0.1, 0.15) is 5.82 Å². The van der Waals surface area contributed by atoms with Crippen molar-refractivity contribution in [2.24, 2.45) is 0 Å². The second kappa shape index (κ2) is 6.89. The van der Waals surface area contributed by atoms with Crippen LogP contribution in [0.2, 0.25) is 0 Å².